The molecule has 0 aromatic heterocycles. The molecule has 1 aromatic rings. The molecule has 0 amide bonds. The van der Waals surface area contributed by atoms with Crippen LogP contribution in [0, 0.1) is 0 Å². The second kappa shape index (κ2) is 6.54. The lowest BCUT2D eigenvalue weighted by molar-refractivity contribution is -0.131. The Morgan fingerprint density at radius 1 is 1.17 bits per heavy atom. The van der Waals surface area contributed by atoms with Gasteiger partial charge in [-0.15, -0.1) is 0 Å². The molecule has 5 nitrogen and oxygen atoms in total. The van der Waals surface area contributed by atoms with Gasteiger partial charge in [0.15, 0.2) is 0 Å². The summed E-state index contributed by atoms with van der Waals surface area (Å²) in [5.74, 6) is 0.803. The summed E-state index contributed by atoms with van der Waals surface area (Å²) in [5.41, 5.74) is 0.615. The monoisotopic (exact) mass is 252 g/mol. The van der Waals surface area contributed by atoms with Crippen LogP contribution in [0.5, 0.6) is 17.2 Å². The third-order valence-corrected chi connectivity index (χ3v) is 2.16. The summed E-state index contributed by atoms with van der Waals surface area (Å²) in [7, 11) is 3.10. The van der Waals surface area contributed by atoms with Crippen LogP contribution in [0.25, 0.3) is 0 Å². The van der Waals surface area contributed by atoms with Crippen molar-refractivity contribution in [2.45, 2.75) is 6.92 Å². The average Bonchev–Trinajstić information content (AvgIpc) is 2.35. The van der Waals surface area contributed by atoms with E-state index in [2.05, 4.69) is 0 Å². The van der Waals surface area contributed by atoms with E-state index in [9.17, 15) is 4.79 Å². The standard InChI is InChI=1S/C13H16O5/c1-9(4-13(14)15)8-18-12-6-10(16-2)5-11(7-12)17-3/h4-7H,8H2,1-3H3,(H,14,15)/b9-4+. The summed E-state index contributed by atoms with van der Waals surface area (Å²) < 4.78 is 15.7. The van der Waals surface area contributed by atoms with Crippen molar-refractivity contribution < 1.29 is 24.1 Å². The zero-order valence-corrected chi connectivity index (χ0v) is 10.6. The number of carbonyl (C=O) groups is 1. The Balaban J connectivity index is 2.75. The normalized spacial score (nSPS) is 10.9. The maximum Gasteiger partial charge on any atom is 0.328 e. The van der Waals surface area contributed by atoms with Gasteiger partial charge in [-0.05, 0) is 12.5 Å². The Morgan fingerprint density at radius 2 is 1.67 bits per heavy atom. The maximum absolute atomic E-state index is 10.4. The first-order valence-corrected chi connectivity index (χ1v) is 5.31. The van der Waals surface area contributed by atoms with Crippen molar-refractivity contribution in [1.29, 1.82) is 0 Å². The van der Waals surface area contributed by atoms with Crippen LogP contribution in [0.15, 0.2) is 29.8 Å². The first-order valence-electron chi connectivity index (χ1n) is 5.31. The number of carboxylic acids is 1. The molecule has 0 aliphatic rings. The molecule has 0 bridgehead atoms. The van der Waals surface area contributed by atoms with Crippen LogP contribution in [-0.2, 0) is 4.79 Å². The van der Waals surface area contributed by atoms with Gasteiger partial charge in [-0.25, -0.2) is 4.79 Å². The third-order valence-electron chi connectivity index (χ3n) is 2.16. The van der Waals surface area contributed by atoms with E-state index < -0.39 is 5.97 Å². The molecule has 0 heterocycles. The summed E-state index contributed by atoms with van der Waals surface area (Å²) in [4.78, 5) is 10.4. The van der Waals surface area contributed by atoms with Gasteiger partial charge in [-0.2, -0.15) is 0 Å². The van der Waals surface area contributed by atoms with E-state index in [1.54, 1.807) is 39.3 Å². The summed E-state index contributed by atoms with van der Waals surface area (Å²) in [6.07, 6.45) is 1.11. The van der Waals surface area contributed by atoms with Crippen LogP contribution < -0.4 is 14.2 Å². The van der Waals surface area contributed by atoms with Crippen LogP contribution in [-0.4, -0.2) is 31.9 Å². The molecule has 0 atom stereocenters. The fourth-order valence-corrected chi connectivity index (χ4v) is 1.31. The van der Waals surface area contributed by atoms with Crippen molar-refractivity contribution in [3.8, 4) is 17.2 Å². The van der Waals surface area contributed by atoms with Gasteiger partial charge in [0.1, 0.15) is 23.9 Å². The van der Waals surface area contributed by atoms with Crippen molar-refractivity contribution in [1.82, 2.24) is 0 Å². The Hall–Kier alpha value is -2.17. The van der Waals surface area contributed by atoms with Crippen LogP contribution in [0.4, 0.5) is 0 Å². The molecule has 0 aliphatic heterocycles. The van der Waals surface area contributed by atoms with E-state index in [1.165, 1.54) is 0 Å². The molecular formula is C13H16O5. The second-order valence-corrected chi connectivity index (χ2v) is 3.67. The number of benzene rings is 1. The molecule has 98 valence electrons. The van der Waals surface area contributed by atoms with Gasteiger partial charge in [0.2, 0.25) is 0 Å². The Kier molecular flexibility index (Phi) is 5.05. The van der Waals surface area contributed by atoms with Gasteiger partial charge in [0, 0.05) is 24.3 Å². The lowest BCUT2D eigenvalue weighted by Crippen LogP contribution is -2.02. The smallest absolute Gasteiger partial charge is 0.328 e. The van der Waals surface area contributed by atoms with E-state index in [4.69, 9.17) is 19.3 Å². The number of hydrogen-bond donors (Lipinski definition) is 1. The van der Waals surface area contributed by atoms with Crippen molar-refractivity contribution >= 4 is 5.97 Å². The highest BCUT2D eigenvalue weighted by Gasteiger charge is 2.03. The van der Waals surface area contributed by atoms with E-state index >= 15 is 0 Å². The molecule has 1 N–H and O–H groups in total. The topological polar surface area (TPSA) is 65.0 Å². The molecule has 5 heteroatoms. The molecule has 0 fully saturated rings. The highest BCUT2D eigenvalue weighted by atomic mass is 16.5. The quantitative estimate of drug-likeness (QED) is 0.785. The fraction of sp³-hybridized carbons (Fsp3) is 0.308. The minimum atomic E-state index is -0.987. The zero-order chi connectivity index (χ0) is 13.5. The third kappa shape index (κ3) is 4.37. The number of methoxy groups -OCH3 is 2. The predicted molar refractivity (Wildman–Crippen MR) is 66.4 cm³/mol. The van der Waals surface area contributed by atoms with Gasteiger partial charge in [0.05, 0.1) is 14.2 Å². The minimum absolute atomic E-state index is 0.197. The number of carboxylic acid groups (broad SMARTS) is 1. The van der Waals surface area contributed by atoms with Crippen LogP contribution in [0.1, 0.15) is 6.92 Å². The molecule has 1 rings (SSSR count). The Morgan fingerprint density at radius 3 is 2.11 bits per heavy atom. The lowest BCUT2D eigenvalue weighted by Gasteiger charge is -2.10. The predicted octanol–water partition coefficient (Wildman–Crippen LogP) is 2.11. The molecule has 0 saturated carbocycles. The van der Waals surface area contributed by atoms with Crippen LogP contribution >= 0.6 is 0 Å². The minimum Gasteiger partial charge on any atom is -0.496 e. The van der Waals surface area contributed by atoms with Crippen molar-refractivity contribution in [2.24, 2.45) is 0 Å². The van der Waals surface area contributed by atoms with Gasteiger partial charge >= 0.3 is 5.97 Å². The number of aliphatic carboxylic acids is 1. The summed E-state index contributed by atoms with van der Waals surface area (Å²) >= 11 is 0. The van der Waals surface area contributed by atoms with Crippen LogP contribution in [0.3, 0.4) is 0 Å². The van der Waals surface area contributed by atoms with E-state index in [0.717, 1.165) is 6.08 Å². The molecule has 18 heavy (non-hydrogen) atoms. The average molecular weight is 252 g/mol. The second-order valence-electron chi connectivity index (χ2n) is 3.67. The fourth-order valence-electron chi connectivity index (χ4n) is 1.31. The molecule has 0 spiro atoms. The first-order chi connectivity index (χ1) is 8.55. The molecule has 0 saturated heterocycles. The molecular weight excluding hydrogens is 236 g/mol. The highest BCUT2D eigenvalue weighted by Crippen LogP contribution is 2.27. The maximum atomic E-state index is 10.4. The van der Waals surface area contributed by atoms with E-state index in [0.29, 0.717) is 22.8 Å². The van der Waals surface area contributed by atoms with E-state index in [-0.39, 0.29) is 6.61 Å². The molecule has 0 aliphatic carbocycles. The summed E-state index contributed by atoms with van der Waals surface area (Å²) in [6, 6.07) is 5.14. The van der Waals surface area contributed by atoms with Crippen LogP contribution in [0.2, 0.25) is 0 Å². The van der Waals surface area contributed by atoms with E-state index in [1.807, 2.05) is 0 Å². The zero-order valence-electron chi connectivity index (χ0n) is 10.6. The molecule has 1 aromatic carbocycles. The summed E-state index contributed by atoms with van der Waals surface area (Å²) in [6.45, 7) is 1.88. The number of ether oxygens (including phenoxy) is 3. The number of rotatable bonds is 6. The number of hydrogen-bond acceptors (Lipinski definition) is 4. The first kappa shape index (κ1) is 13.9. The Bertz CT molecular complexity index is 428. The lowest BCUT2D eigenvalue weighted by atomic mass is 10.3. The Labute approximate surface area is 106 Å². The van der Waals surface area contributed by atoms with Crippen molar-refractivity contribution in [3.05, 3.63) is 29.8 Å². The largest absolute Gasteiger partial charge is 0.496 e. The van der Waals surface area contributed by atoms with Crippen molar-refractivity contribution in [2.75, 3.05) is 20.8 Å². The highest BCUT2D eigenvalue weighted by molar-refractivity contribution is 5.80. The van der Waals surface area contributed by atoms with Gasteiger partial charge in [-0.1, -0.05) is 0 Å². The SMILES string of the molecule is COc1cc(OC)cc(OC/C(C)=C/C(=O)O)c1. The van der Waals surface area contributed by atoms with Gasteiger partial charge in [-0.3, -0.25) is 0 Å². The molecule has 0 unspecified atom stereocenters. The molecule has 0 radical (unpaired) electrons. The van der Waals surface area contributed by atoms with Crippen molar-refractivity contribution in [3.63, 3.8) is 0 Å². The van der Waals surface area contributed by atoms with Gasteiger partial charge in [0.25, 0.3) is 0 Å². The van der Waals surface area contributed by atoms with Gasteiger partial charge < -0.3 is 19.3 Å². The summed E-state index contributed by atoms with van der Waals surface area (Å²) in [5, 5.41) is 8.57.